The lowest BCUT2D eigenvalue weighted by atomic mass is 9.95. The minimum absolute atomic E-state index is 0.0519. The topological polar surface area (TPSA) is 32.3 Å². The molecule has 1 heterocycles. The zero-order valence-electron chi connectivity index (χ0n) is 12.6. The fourth-order valence-electron chi connectivity index (χ4n) is 2.57. The third-order valence-electron chi connectivity index (χ3n) is 3.49. The van der Waals surface area contributed by atoms with Gasteiger partial charge in [-0.05, 0) is 29.5 Å². The van der Waals surface area contributed by atoms with Crippen molar-refractivity contribution in [3.05, 3.63) is 34.9 Å². The molecule has 1 aromatic rings. The van der Waals surface area contributed by atoms with Crippen molar-refractivity contribution in [2.45, 2.75) is 46.3 Å². The highest BCUT2D eigenvalue weighted by Crippen LogP contribution is 2.30. The lowest BCUT2D eigenvalue weighted by Gasteiger charge is -2.31. The van der Waals surface area contributed by atoms with E-state index in [9.17, 15) is 4.79 Å². The quantitative estimate of drug-likeness (QED) is 0.924. The maximum Gasteiger partial charge on any atom is 0.241 e. The molecule has 1 fully saturated rings. The third kappa shape index (κ3) is 3.33. The lowest BCUT2D eigenvalue weighted by Crippen LogP contribution is -2.37. The van der Waals surface area contributed by atoms with E-state index >= 15 is 0 Å². The summed E-state index contributed by atoms with van der Waals surface area (Å²) in [5, 5.41) is 4.15. The Morgan fingerprint density at radius 1 is 1.25 bits per heavy atom. The second-order valence-corrected chi connectivity index (χ2v) is 7.04. The van der Waals surface area contributed by atoms with Crippen molar-refractivity contribution in [3.63, 3.8) is 0 Å². The molecule has 110 valence electrons. The maximum absolute atomic E-state index is 12.5. The zero-order valence-corrected chi connectivity index (χ0v) is 13.4. The molecule has 0 saturated carbocycles. The fraction of sp³-hybridized carbons (Fsp3) is 0.562. The molecule has 20 heavy (non-hydrogen) atoms. The van der Waals surface area contributed by atoms with Crippen LogP contribution in [0, 0.1) is 5.41 Å². The van der Waals surface area contributed by atoms with Gasteiger partial charge in [0.1, 0.15) is 6.17 Å². The number of carbonyl (C=O) groups is 1. The average Bonchev–Trinajstić information content (AvgIpc) is 2.66. The first-order valence-electron chi connectivity index (χ1n) is 7.14. The predicted molar refractivity (Wildman–Crippen MR) is 82.6 cm³/mol. The molecule has 1 amide bonds. The first kappa shape index (κ1) is 15.3. The van der Waals surface area contributed by atoms with Crippen molar-refractivity contribution >= 4 is 17.5 Å². The van der Waals surface area contributed by atoms with E-state index < -0.39 is 0 Å². The summed E-state index contributed by atoms with van der Waals surface area (Å²) in [7, 11) is 0. The van der Waals surface area contributed by atoms with Crippen LogP contribution < -0.4 is 5.32 Å². The molecule has 0 aromatic heterocycles. The van der Waals surface area contributed by atoms with Gasteiger partial charge in [0.25, 0.3) is 0 Å². The molecule has 2 atom stereocenters. The average molecular weight is 295 g/mol. The van der Waals surface area contributed by atoms with Gasteiger partial charge < -0.3 is 4.90 Å². The molecule has 1 N–H and O–H groups in total. The Morgan fingerprint density at radius 3 is 2.35 bits per heavy atom. The molecule has 0 aliphatic carbocycles. The monoisotopic (exact) mass is 294 g/mol. The van der Waals surface area contributed by atoms with Crippen LogP contribution in [0.5, 0.6) is 0 Å². The molecular formula is C16H23ClN2O. The highest BCUT2D eigenvalue weighted by atomic mass is 35.5. The number of rotatable bonds is 3. The molecule has 0 bridgehead atoms. The minimum atomic E-state index is -0.0852. The predicted octanol–water partition coefficient (Wildman–Crippen LogP) is 3.60. The minimum Gasteiger partial charge on any atom is -0.321 e. The highest BCUT2D eigenvalue weighted by molar-refractivity contribution is 6.30. The Bertz CT molecular complexity index is 478. The number of benzene rings is 1. The van der Waals surface area contributed by atoms with E-state index in [0.717, 1.165) is 18.5 Å². The van der Waals surface area contributed by atoms with Crippen LogP contribution in [-0.4, -0.2) is 23.4 Å². The smallest absolute Gasteiger partial charge is 0.241 e. The number of carbonyl (C=O) groups excluding carboxylic acids is 1. The Morgan fingerprint density at radius 2 is 1.85 bits per heavy atom. The maximum atomic E-state index is 12.5. The van der Waals surface area contributed by atoms with Crippen LogP contribution in [0.3, 0.4) is 0 Å². The first-order valence-corrected chi connectivity index (χ1v) is 7.51. The number of hydrogen-bond donors (Lipinski definition) is 1. The highest BCUT2D eigenvalue weighted by Gasteiger charge is 2.39. The second-order valence-electron chi connectivity index (χ2n) is 6.61. The van der Waals surface area contributed by atoms with Crippen LogP contribution in [-0.2, 0) is 4.79 Å². The Hall–Kier alpha value is -1.06. The van der Waals surface area contributed by atoms with E-state index in [-0.39, 0.29) is 23.5 Å². The van der Waals surface area contributed by atoms with E-state index in [1.807, 2.05) is 36.1 Å². The Balaban J connectivity index is 2.28. The van der Waals surface area contributed by atoms with E-state index in [1.165, 1.54) is 0 Å². The fourth-order valence-corrected chi connectivity index (χ4v) is 2.70. The van der Waals surface area contributed by atoms with Crippen molar-refractivity contribution in [2.24, 2.45) is 5.41 Å². The summed E-state index contributed by atoms with van der Waals surface area (Å²) in [6.45, 7) is 9.23. The molecule has 1 aromatic carbocycles. The van der Waals surface area contributed by atoms with E-state index in [4.69, 9.17) is 11.6 Å². The van der Waals surface area contributed by atoms with Gasteiger partial charge in [0, 0.05) is 11.6 Å². The van der Waals surface area contributed by atoms with Crippen LogP contribution in [0.2, 0.25) is 5.02 Å². The van der Waals surface area contributed by atoms with Crippen molar-refractivity contribution in [3.8, 4) is 0 Å². The van der Waals surface area contributed by atoms with Gasteiger partial charge >= 0.3 is 0 Å². The number of amides is 1. The van der Waals surface area contributed by atoms with Crippen LogP contribution in [0.15, 0.2) is 24.3 Å². The van der Waals surface area contributed by atoms with Gasteiger partial charge in [0.15, 0.2) is 0 Å². The van der Waals surface area contributed by atoms with Gasteiger partial charge in [-0.3, -0.25) is 10.1 Å². The number of halogens is 1. The Labute approximate surface area is 126 Å². The van der Waals surface area contributed by atoms with E-state index in [2.05, 4.69) is 26.1 Å². The molecule has 3 nitrogen and oxygen atoms in total. The van der Waals surface area contributed by atoms with Crippen LogP contribution >= 0.6 is 11.6 Å². The number of hydrogen-bond acceptors (Lipinski definition) is 2. The van der Waals surface area contributed by atoms with Crippen LogP contribution in [0.4, 0.5) is 0 Å². The van der Waals surface area contributed by atoms with Gasteiger partial charge in [-0.2, -0.15) is 0 Å². The summed E-state index contributed by atoms with van der Waals surface area (Å²) in [4.78, 5) is 14.5. The summed E-state index contributed by atoms with van der Waals surface area (Å²) in [6.07, 6.45) is 0.757. The van der Waals surface area contributed by atoms with Gasteiger partial charge in [0.05, 0.1) is 6.04 Å². The van der Waals surface area contributed by atoms with Crippen LogP contribution in [0.25, 0.3) is 0 Å². The molecule has 0 radical (unpaired) electrons. The molecular weight excluding hydrogens is 272 g/mol. The molecule has 1 aliphatic rings. The van der Waals surface area contributed by atoms with E-state index in [1.54, 1.807) is 0 Å². The van der Waals surface area contributed by atoms with Gasteiger partial charge in [0.2, 0.25) is 5.91 Å². The molecule has 2 rings (SSSR count). The summed E-state index contributed by atoms with van der Waals surface area (Å²) < 4.78 is 0. The Kier molecular flexibility index (Phi) is 4.40. The van der Waals surface area contributed by atoms with Crippen molar-refractivity contribution < 1.29 is 4.79 Å². The molecule has 1 aliphatic heterocycles. The lowest BCUT2D eigenvalue weighted by molar-refractivity contribution is -0.131. The summed E-state index contributed by atoms with van der Waals surface area (Å²) in [6, 6.07) is 7.63. The summed E-state index contributed by atoms with van der Waals surface area (Å²) >= 11 is 5.94. The summed E-state index contributed by atoms with van der Waals surface area (Å²) in [5.41, 5.74) is 1.16. The molecule has 2 unspecified atom stereocenters. The van der Waals surface area contributed by atoms with Crippen molar-refractivity contribution in [1.82, 2.24) is 10.2 Å². The van der Waals surface area contributed by atoms with Gasteiger partial charge in [-0.15, -0.1) is 0 Å². The van der Waals surface area contributed by atoms with Gasteiger partial charge in [-0.1, -0.05) is 51.4 Å². The zero-order chi connectivity index (χ0) is 14.9. The number of nitrogens with zero attached hydrogens (tertiary/aromatic N) is 1. The normalized spacial score (nSPS) is 23.4. The van der Waals surface area contributed by atoms with Crippen molar-refractivity contribution in [1.29, 1.82) is 0 Å². The third-order valence-corrected chi connectivity index (χ3v) is 3.74. The molecule has 4 heteroatoms. The SMILES string of the molecule is CCC1NC(c2ccc(Cl)cc2)N(CC(C)(C)C)C1=O. The first-order chi connectivity index (χ1) is 9.31. The molecule has 1 saturated heterocycles. The molecule has 0 spiro atoms. The number of nitrogens with one attached hydrogen (secondary N) is 1. The second kappa shape index (κ2) is 5.74. The van der Waals surface area contributed by atoms with Gasteiger partial charge in [-0.25, -0.2) is 0 Å². The standard InChI is InChI=1S/C16H23ClN2O/c1-5-13-15(20)19(10-16(2,3)4)14(18-13)11-6-8-12(17)9-7-11/h6-9,13-14,18H,5,10H2,1-4H3. The largest absolute Gasteiger partial charge is 0.321 e. The summed E-state index contributed by atoms with van der Waals surface area (Å²) in [5.74, 6) is 0.197. The van der Waals surface area contributed by atoms with Crippen molar-refractivity contribution in [2.75, 3.05) is 6.54 Å². The van der Waals surface area contributed by atoms with Crippen LogP contribution in [0.1, 0.15) is 45.8 Å². The van der Waals surface area contributed by atoms with E-state index in [0.29, 0.717) is 5.02 Å².